The lowest BCUT2D eigenvalue weighted by atomic mass is 10.0. The number of nitrogens with one attached hydrogen (secondary N) is 2. The van der Waals surface area contributed by atoms with Crippen LogP contribution in [-0.2, 0) is 13.5 Å². The van der Waals surface area contributed by atoms with Crippen molar-refractivity contribution in [2.75, 3.05) is 13.1 Å². The number of rotatable bonds is 6. The Morgan fingerprint density at radius 2 is 1.96 bits per heavy atom. The summed E-state index contributed by atoms with van der Waals surface area (Å²) in [5.41, 5.74) is 5.11. The van der Waals surface area contributed by atoms with E-state index in [0.29, 0.717) is 6.54 Å². The second-order valence-electron chi connectivity index (χ2n) is 6.03. The van der Waals surface area contributed by atoms with Gasteiger partial charge in [0.25, 0.3) is 0 Å². The van der Waals surface area contributed by atoms with Gasteiger partial charge in [-0.3, -0.25) is 4.68 Å². The van der Waals surface area contributed by atoms with E-state index in [0.717, 1.165) is 34.5 Å². The van der Waals surface area contributed by atoms with E-state index in [9.17, 15) is 9.90 Å². The number of nitrogens with zero attached hydrogens (tertiary/aromatic N) is 2. The fourth-order valence-electron chi connectivity index (χ4n) is 2.80. The summed E-state index contributed by atoms with van der Waals surface area (Å²) in [6.45, 7) is 6.65. The number of aryl methyl sites for hydroxylation is 3. The Labute approximate surface area is 142 Å². The first kappa shape index (κ1) is 18.0. The number of aliphatic hydroxyl groups excluding tert-OH is 1. The van der Waals surface area contributed by atoms with Gasteiger partial charge in [-0.2, -0.15) is 5.10 Å². The first-order chi connectivity index (χ1) is 11.4. The predicted octanol–water partition coefficient (Wildman–Crippen LogP) is 1.92. The summed E-state index contributed by atoms with van der Waals surface area (Å²) < 4.78 is 1.85. The van der Waals surface area contributed by atoms with Crippen LogP contribution < -0.4 is 10.6 Å². The first-order valence-corrected chi connectivity index (χ1v) is 8.14. The van der Waals surface area contributed by atoms with Gasteiger partial charge in [-0.05, 0) is 43.9 Å². The molecule has 2 rings (SSSR count). The Morgan fingerprint density at radius 1 is 1.25 bits per heavy atom. The van der Waals surface area contributed by atoms with Crippen molar-refractivity contribution in [3.63, 3.8) is 0 Å². The molecular formula is C18H26N4O2. The van der Waals surface area contributed by atoms with Crippen molar-refractivity contribution in [2.45, 2.75) is 33.3 Å². The summed E-state index contributed by atoms with van der Waals surface area (Å²) in [5, 5.41) is 20.1. The third kappa shape index (κ3) is 4.35. The lowest BCUT2D eigenvalue weighted by Gasteiger charge is -2.15. The van der Waals surface area contributed by atoms with Crippen LogP contribution in [0.4, 0.5) is 4.79 Å². The number of urea groups is 1. The Balaban J connectivity index is 1.77. The molecule has 0 saturated carbocycles. The molecule has 0 aliphatic heterocycles. The molecule has 2 amide bonds. The van der Waals surface area contributed by atoms with E-state index >= 15 is 0 Å². The summed E-state index contributed by atoms with van der Waals surface area (Å²) in [4.78, 5) is 11.9. The Hall–Kier alpha value is -2.34. The highest BCUT2D eigenvalue weighted by Gasteiger charge is 2.12. The smallest absolute Gasteiger partial charge is 0.314 e. The summed E-state index contributed by atoms with van der Waals surface area (Å²) >= 11 is 0. The number of amides is 2. The van der Waals surface area contributed by atoms with E-state index in [1.165, 1.54) is 0 Å². The van der Waals surface area contributed by atoms with Gasteiger partial charge in [0, 0.05) is 25.8 Å². The molecule has 0 spiro atoms. The van der Waals surface area contributed by atoms with Gasteiger partial charge in [0.2, 0.25) is 0 Å². The summed E-state index contributed by atoms with van der Waals surface area (Å²) in [6, 6.07) is 7.34. The molecule has 0 saturated heterocycles. The van der Waals surface area contributed by atoms with Crippen molar-refractivity contribution in [3.8, 4) is 0 Å². The van der Waals surface area contributed by atoms with Crippen LogP contribution in [0.2, 0.25) is 0 Å². The number of carbonyl (C=O) groups is 1. The number of carbonyl (C=O) groups excluding carboxylic acids is 1. The van der Waals surface area contributed by atoms with Gasteiger partial charge in [0.05, 0.1) is 11.8 Å². The minimum atomic E-state index is -0.709. The van der Waals surface area contributed by atoms with Gasteiger partial charge in [0.1, 0.15) is 0 Å². The SMILES string of the molecule is Cc1ccccc1C(O)CNC(=O)NCCc1c(C)nn(C)c1C. The summed E-state index contributed by atoms with van der Waals surface area (Å²) in [6.07, 6.45) is 0.0268. The number of hydrogen-bond acceptors (Lipinski definition) is 3. The molecule has 1 aromatic carbocycles. The van der Waals surface area contributed by atoms with E-state index in [-0.39, 0.29) is 12.6 Å². The number of hydrogen-bond donors (Lipinski definition) is 3. The zero-order valence-corrected chi connectivity index (χ0v) is 14.8. The van der Waals surface area contributed by atoms with Crippen LogP contribution in [0.3, 0.4) is 0 Å². The molecule has 0 aliphatic carbocycles. The molecule has 1 atom stereocenters. The monoisotopic (exact) mass is 330 g/mol. The third-order valence-electron chi connectivity index (χ3n) is 4.32. The number of benzene rings is 1. The Kier molecular flexibility index (Phi) is 5.98. The van der Waals surface area contributed by atoms with Gasteiger partial charge in [-0.1, -0.05) is 24.3 Å². The molecule has 1 unspecified atom stereocenters. The molecule has 0 bridgehead atoms. The lowest BCUT2D eigenvalue weighted by Crippen LogP contribution is -2.38. The van der Waals surface area contributed by atoms with Gasteiger partial charge >= 0.3 is 6.03 Å². The highest BCUT2D eigenvalue weighted by atomic mass is 16.3. The maximum atomic E-state index is 11.9. The lowest BCUT2D eigenvalue weighted by molar-refractivity contribution is 0.172. The van der Waals surface area contributed by atoms with Crippen LogP contribution in [0.25, 0.3) is 0 Å². The highest BCUT2D eigenvalue weighted by molar-refractivity contribution is 5.73. The molecule has 0 radical (unpaired) electrons. The summed E-state index contributed by atoms with van der Waals surface area (Å²) in [7, 11) is 1.92. The average molecular weight is 330 g/mol. The van der Waals surface area contributed by atoms with Gasteiger partial charge < -0.3 is 15.7 Å². The average Bonchev–Trinajstić information content (AvgIpc) is 2.79. The molecule has 0 aliphatic rings. The van der Waals surface area contributed by atoms with Crippen LogP contribution in [0.5, 0.6) is 0 Å². The molecule has 130 valence electrons. The second-order valence-corrected chi connectivity index (χ2v) is 6.03. The predicted molar refractivity (Wildman–Crippen MR) is 93.9 cm³/mol. The van der Waals surface area contributed by atoms with Crippen LogP contribution in [0.15, 0.2) is 24.3 Å². The summed E-state index contributed by atoms with van der Waals surface area (Å²) in [5.74, 6) is 0. The molecule has 2 aromatic rings. The molecule has 3 N–H and O–H groups in total. The minimum absolute atomic E-state index is 0.182. The van der Waals surface area contributed by atoms with Gasteiger partial charge in [0.15, 0.2) is 0 Å². The fraction of sp³-hybridized carbons (Fsp3) is 0.444. The molecule has 24 heavy (non-hydrogen) atoms. The van der Waals surface area contributed by atoms with Gasteiger partial charge in [-0.15, -0.1) is 0 Å². The maximum absolute atomic E-state index is 11.9. The van der Waals surface area contributed by atoms with Crippen LogP contribution >= 0.6 is 0 Å². The maximum Gasteiger partial charge on any atom is 0.314 e. The van der Waals surface area contributed by atoms with E-state index in [2.05, 4.69) is 15.7 Å². The third-order valence-corrected chi connectivity index (χ3v) is 4.32. The van der Waals surface area contributed by atoms with Crippen molar-refractivity contribution in [2.24, 2.45) is 7.05 Å². The van der Waals surface area contributed by atoms with Gasteiger partial charge in [-0.25, -0.2) is 4.79 Å². The van der Waals surface area contributed by atoms with Crippen LogP contribution in [0.1, 0.15) is 34.2 Å². The van der Waals surface area contributed by atoms with Crippen molar-refractivity contribution in [3.05, 3.63) is 52.3 Å². The zero-order valence-electron chi connectivity index (χ0n) is 14.8. The molecule has 6 heteroatoms. The quantitative estimate of drug-likeness (QED) is 0.757. The molecule has 6 nitrogen and oxygen atoms in total. The molecule has 1 aromatic heterocycles. The topological polar surface area (TPSA) is 79.2 Å². The van der Waals surface area contributed by atoms with Crippen molar-refractivity contribution >= 4 is 6.03 Å². The number of aromatic nitrogens is 2. The van der Waals surface area contributed by atoms with Crippen LogP contribution in [-0.4, -0.2) is 34.0 Å². The number of aliphatic hydroxyl groups is 1. The standard InChI is InChI=1S/C18H26N4O2/c1-12-7-5-6-8-15(12)17(23)11-20-18(24)19-10-9-16-13(2)21-22(4)14(16)3/h5-8,17,23H,9-11H2,1-4H3,(H2,19,20,24). The van der Waals surface area contributed by atoms with Crippen LogP contribution in [0, 0.1) is 20.8 Å². The normalized spacial score (nSPS) is 12.0. The largest absolute Gasteiger partial charge is 0.387 e. The van der Waals surface area contributed by atoms with E-state index in [1.807, 2.05) is 56.8 Å². The molecule has 0 fully saturated rings. The molecular weight excluding hydrogens is 304 g/mol. The minimum Gasteiger partial charge on any atom is -0.387 e. The highest BCUT2D eigenvalue weighted by Crippen LogP contribution is 2.16. The van der Waals surface area contributed by atoms with Crippen molar-refractivity contribution in [1.82, 2.24) is 20.4 Å². The fourth-order valence-corrected chi connectivity index (χ4v) is 2.80. The second kappa shape index (κ2) is 7.97. The van der Waals surface area contributed by atoms with Crippen molar-refractivity contribution in [1.29, 1.82) is 0 Å². The molecule has 1 heterocycles. The zero-order chi connectivity index (χ0) is 17.7. The van der Waals surface area contributed by atoms with E-state index in [1.54, 1.807) is 0 Å². The van der Waals surface area contributed by atoms with E-state index < -0.39 is 6.10 Å². The van der Waals surface area contributed by atoms with Crippen molar-refractivity contribution < 1.29 is 9.90 Å². The Morgan fingerprint density at radius 3 is 2.58 bits per heavy atom. The first-order valence-electron chi connectivity index (χ1n) is 8.14. The Bertz CT molecular complexity index is 709. The van der Waals surface area contributed by atoms with E-state index in [4.69, 9.17) is 0 Å².